The van der Waals surface area contributed by atoms with Crippen LogP contribution in [0, 0.1) is 26.2 Å². The van der Waals surface area contributed by atoms with Crippen LogP contribution >= 0.6 is 0 Å². The van der Waals surface area contributed by atoms with Crippen molar-refractivity contribution in [3.05, 3.63) is 35.3 Å². The van der Waals surface area contributed by atoms with Crippen molar-refractivity contribution in [2.45, 2.75) is 13.8 Å². The molecule has 0 N–H and O–H groups in total. The molecule has 0 radical (unpaired) electrons. The monoisotopic (exact) mass is 241 g/mol. The average molecular weight is 241 g/mol. The van der Waals surface area contributed by atoms with Crippen LogP contribution in [0.15, 0.2) is 18.3 Å². The second-order valence-corrected chi connectivity index (χ2v) is 4.35. The zero-order valence-corrected chi connectivity index (χ0v) is 10.8. The molecule has 0 aromatic carbocycles. The average Bonchev–Trinajstić information content (AvgIpc) is 2.64. The zero-order chi connectivity index (χ0) is 13.3. The van der Waals surface area contributed by atoms with Crippen molar-refractivity contribution in [1.29, 1.82) is 0 Å². The minimum atomic E-state index is -0.108. The Labute approximate surface area is 106 Å². The molecule has 0 fully saturated rings. The molecule has 2 aromatic rings. The van der Waals surface area contributed by atoms with Crippen LogP contribution in [-0.4, -0.2) is 33.8 Å². The highest BCUT2D eigenvalue weighted by Crippen LogP contribution is 2.15. The van der Waals surface area contributed by atoms with Gasteiger partial charge in [-0.05, 0) is 25.5 Å². The van der Waals surface area contributed by atoms with Crippen molar-refractivity contribution in [3.63, 3.8) is 0 Å². The largest absolute Gasteiger partial charge is 0.329 e. The van der Waals surface area contributed by atoms with Crippen molar-refractivity contribution in [1.82, 2.24) is 14.3 Å². The molecule has 0 atom stereocenters. The first-order valence-corrected chi connectivity index (χ1v) is 5.69. The van der Waals surface area contributed by atoms with Crippen LogP contribution in [0.25, 0.3) is 5.65 Å². The third-order valence-electron chi connectivity index (χ3n) is 2.82. The number of aromatic nitrogens is 2. The summed E-state index contributed by atoms with van der Waals surface area (Å²) in [5.74, 6) is 2.36. The van der Waals surface area contributed by atoms with Gasteiger partial charge in [0.2, 0.25) is 0 Å². The van der Waals surface area contributed by atoms with Gasteiger partial charge in [-0.1, -0.05) is 12.0 Å². The number of imidazole rings is 1. The Morgan fingerprint density at radius 1 is 1.50 bits per heavy atom. The molecule has 92 valence electrons. The predicted octanol–water partition coefficient (Wildman–Crippen LogP) is 1.66. The Balaban J connectivity index is 2.56. The number of pyridine rings is 1. The van der Waals surface area contributed by atoms with Gasteiger partial charge in [0.15, 0.2) is 0 Å². The van der Waals surface area contributed by atoms with Gasteiger partial charge in [-0.15, -0.1) is 6.42 Å². The van der Waals surface area contributed by atoms with Crippen LogP contribution in [-0.2, 0) is 0 Å². The Kier molecular flexibility index (Phi) is 3.07. The highest BCUT2D eigenvalue weighted by atomic mass is 16.2. The number of nitrogens with zero attached hydrogens (tertiary/aromatic N) is 3. The summed E-state index contributed by atoms with van der Waals surface area (Å²) in [6.07, 6.45) is 7.14. The number of terminal acetylenes is 1. The van der Waals surface area contributed by atoms with Gasteiger partial charge >= 0.3 is 0 Å². The van der Waals surface area contributed by atoms with Gasteiger partial charge in [0.1, 0.15) is 11.3 Å². The lowest BCUT2D eigenvalue weighted by Gasteiger charge is -2.14. The van der Waals surface area contributed by atoms with E-state index in [1.54, 1.807) is 7.05 Å². The summed E-state index contributed by atoms with van der Waals surface area (Å²) < 4.78 is 1.82. The van der Waals surface area contributed by atoms with Gasteiger partial charge in [0, 0.05) is 13.2 Å². The molecule has 0 bridgehead atoms. The smallest absolute Gasteiger partial charge is 0.273 e. The van der Waals surface area contributed by atoms with Gasteiger partial charge < -0.3 is 4.90 Å². The number of hydrogen-bond donors (Lipinski definition) is 0. The molecule has 0 unspecified atom stereocenters. The first-order chi connectivity index (χ1) is 8.54. The standard InChI is InChI=1S/C14H15N3O/c1-5-8-16(4)14(18)13-11(3)15-12-7-6-10(2)9-17(12)13/h1,6-7,9H,8H2,2-4H3. The molecule has 1 amide bonds. The maximum absolute atomic E-state index is 12.3. The number of carbonyl (C=O) groups excluding carboxylic acids is 1. The summed E-state index contributed by atoms with van der Waals surface area (Å²) >= 11 is 0. The van der Waals surface area contributed by atoms with Gasteiger partial charge in [-0.25, -0.2) is 4.98 Å². The lowest BCUT2D eigenvalue weighted by Crippen LogP contribution is -2.28. The van der Waals surface area contributed by atoms with Gasteiger partial charge in [-0.3, -0.25) is 9.20 Å². The molecule has 2 heterocycles. The number of amides is 1. The molecule has 2 aromatic heterocycles. The molecule has 0 aliphatic rings. The van der Waals surface area contributed by atoms with E-state index in [2.05, 4.69) is 10.9 Å². The fourth-order valence-corrected chi connectivity index (χ4v) is 1.92. The maximum atomic E-state index is 12.3. The topological polar surface area (TPSA) is 37.6 Å². The van der Waals surface area contributed by atoms with Crippen LogP contribution in [0.5, 0.6) is 0 Å². The van der Waals surface area contributed by atoms with Crippen LogP contribution < -0.4 is 0 Å². The summed E-state index contributed by atoms with van der Waals surface area (Å²) in [6.45, 7) is 4.10. The number of fused-ring (bicyclic) bond motifs is 1. The molecule has 0 aliphatic carbocycles. The minimum Gasteiger partial charge on any atom is -0.329 e. The Morgan fingerprint density at radius 3 is 2.89 bits per heavy atom. The first-order valence-electron chi connectivity index (χ1n) is 5.69. The molecule has 0 saturated heterocycles. The van der Waals surface area contributed by atoms with Gasteiger partial charge in [0.05, 0.1) is 12.2 Å². The fraction of sp³-hybridized carbons (Fsp3) is 0.286. The number of aryl methyl sites for hydroxylation is 2. The van der Waals surface area contributed by atoms with Crippen molar-refractivity contribution in [2.75, 3.05) is 13.6 Å². The lowest BCUT2D eigenvalue weighted by molar-refractivity contribution is 0.0805. The molecule has 2 rings (SSSR count). The molecular formula is C14H15N3O. The van der Waals surface area contributed by atoms with Gasteiger partial charge in [0.25, 0.3) is 5.91 Å². The molecule has 18 heavy (non-hydrogen) atoms. The van der Waals surface area contributed by atoms with Crippen molar-refractivity contribution in [3.8, 4) is 12.3 Å². The Morgan fingerprint density at radius 2 is 2.22 bits per heavy atom. The summed E-state index contributed by atoms with van der Waals surface area (Å²) in [4.78, 5) is 18.2. The third-order valence-corrected chi connectivity index (χ3v) is 2.82. The van der Waals surface area contributed by atoms with Crippen LogP contribution in [0.2, 0.25) is 0 Å². The van der Waals surface area contributed by atoms with E-state index in [1.807, 2.05) is 36.6 Å². The second kappa shape index (κ2) is 4.53. The Hall–Kier alpha value is -2.28. The van der Waals surface area contributed by atoms with Crippen molar-refractivity contribution < 1.29 is 4.79 Å². The van der Waals surface area contributed by atoms with E-state index in [1.165, 1.54) is 4.90 Å². The lowest BCUT2D eigenvalue weighted by atomic mass is 10.3. The zero-order valence-electron chi connectivity index (χ0n) is 10.8. The van der Waals surface area contributed by atoms with E-state index in [-0.39, 0.29) is 12.5 Å². The summed E-state index contributed by atoms with van der Waals surface area (Å²) in [7, 11) is 1.69. The molecule has 4 heteroatoms. The minimum absolute atomic E-state index is 0.108. The third kappa shape index (κ3) is 1.95. The first kappa shape index (κ1) is 12.2. The molecular weight excluding hydrogens is 226 g/mol. The van der Waals surface area contributed by atoms with E-state index in [0.29, 0.717) is 5.69 Å². The van der Waals surface area contributed by atoms with Crippen molar-refractivity contribution >= 4 is 11.6 Å². The van der Waals surface area contributed by atoms with Crippen molar-refractivity contribution in [2.24, 2.45) is 0 Å². The summed E-state index contributed by atoms with van der Waals surface area (Å²) in [5, 5.41) is 0. The number of rotatable bonds is 2. The predicted molar refractivity (Wildman–Crippen MR) is 70.5 cm³/mol. The van der Waals surface area contributed by atoms with E-state index < -0.39 is 0 Å². The van der Waals surface area contributed by atoms with E-state index in [9.17, 15) is 4.79 Å². The highest BCUT2D eigenvalue weighted by Gasteiger charge is 2.19. The number of carbonyl (C=O) groups is 1. The van der Waals surface area contributed by atoms with E-state index in [4.69, 9.17) is 6.42 Å². The molecule has 0 spiro atoms. The quantitative estimate of drug-likeness (QED) is 0.750. The second-order valence-electron chi connectivity index (χ2n) is 4.35. The van der Waals surface area contributed by atoms with E-state index >= 15 is 0 Å². The van der Waals surface area contributed by atoms with Crippen LogP contribution in [0.1, 0.15) is 21.7 Å². The molecule has 0 saturated carbocycles. The Bertz CT molecular complexity index is 649. The SMILES string of the molecule is C#CCN(C)C(=O)c1c(C)nc2ccc(C)cn12. The molecule has 4 nitrogen and oxygen atoms in total. The highest BCUT2D eigenvalue weighted by molar-refractivity contribution is 5.94. The van der Waals surface area contributed by atoms with E-state index in [0.717, 1.165) is 16.9 Å². The van der Waals surface area contributed by atoms with Crippen LogP contribution in [0.4, 0.5) is 0 Å². The maximum Gasteiger partial charge on any atom is 0.273 e. The number of hydrogen-bond acceptors (Lipinski definition) is 2. The molecule has 0 aliphatic heterocycles. The van der Waals surface area contributed by atoms with Crippen LogP contribution in [0.3, 0.4) is 0 Å². The summed E-state index contributed by atoms with van der Waals surface area (Å²) in [5.41, 5.74) is 3.14. The normalized spacial score (nSPS) is 10.3. The van der Waals surface area contributed by atoms with Gasteiger partial charge in [-0.2, -0.15) is 0 Å². The fourth-order valence-electron chi connectivity index (χ4n) is 1.92. The summed E-state index contributed by atoms with van der Waals surface area (Å²) in [6, 6.07) is 3.88.